The summed E-state index contributed by atoms with van der Waals surface area (Å²) < 4.78 is 6.00. The highest BCUT2D eigenvalue weighted by molar-refractivity contribution is 5.86. The smallest absolute Gasteiger partial charge is 0.311 e. The Hall–Kier alpha value is -2.58. The molecule has 0 aromatic carbocycles. The number of anilines is 1. The Kier molecular flexibility index (Phi) is 3.74. The Morgan fingerprint density at radius 2 is 2.50 bits per heavy atom. The molecule has 0 radical (unpaired) electrons. The number of tetrazole rings is 1. The highest BCUT2D eigenvalue weighted by atomic mass is 16.5. The van der Waals surface area contributed by atoms with Crippen LogP contribution in [-0.2, 0) is 9.53 Å². The summed E-state index contributed by atoms with van der Waals surface area (Å²) in [6.07, 6.45) is 1.51. The van der Waals surface area contributed by atoms with Crippen molar-refractivity contribution in [2.24, 2.45) is 5.10 Å². The first kappa shape index (κ1) is 11.9. The molecule has 2 aromatic heterocycles. The highest BCUT2D eigenvalue weighted by Gasteiger charge is 1.99. The van der Waals surface area contributed by atoms with Crippen LogP contribution < -0.4 is 5.43 Å². The Morgan fingerprint density at radius 1 is 1.61 bits per heavy atom. The van der Waals surface area contributed by atoms with Gasteiger partial charge in [-0.15, -0.1) is 14.8 Å². The summed E-state index contributed by atoms with van der Waals surface area (Å²) in [7, 11) is 0. The summed E-state index contributed by atoms with van der Waals surface area (Å²) in [5.41, 5.74) is 3.20. The molecule has 0 amide bonds. The zero-order valence-electron chi connectivity index (χ0n) is 9.65. The molecule has 2 rings (SSSR count). The van der Waals surface area contributed by atoms with Crippen LogP contribution >= 0.6 is 0 Å². The lowest BCUT2D eigenvalue weighted by Crippen LogP contribution is -2.05. The first-order chi connectivity index (χ1) is 8.79. The van der Waals surface area contributed by atoms with Crippen LogP contribution in [-0.4, -0.2) is 44.0 Å². The minimum absolute atomic E-state index is 0.105. The molecule has 9 heteroatoms. The van der Waals surface area contributed by atoms with E-state index in [9.17, 15) is 4.79 Å². The average molecular weight is 249 g/mol. The van der Waals surface area contributed by atoms with E-state index in [0.717, 1.165) is 0 Å². The lowest BCUT2D eigenvalue weighted by atomic mass is 10.5. The fraction of sp³-hybridized carbons (Fsp3) is 0.333. The van der Waals surface area contributed by atoms with E-state index in [1.54, 1.807) is 19.1 Å². The second kappa shape index (κ2) is 5.66. The minimum Gasteiger partial charge on any atom is -0.466 e. The molecule has 0 saturated heterocycles. The number of rotatable bonds is 5. The molecule has 0 aliphatic rings. The van der Waals surface area contributed by atoms with Crippen molar-refractivity contribution in [3.05, 3.63) is 12.1 Å². The van der Waals surface area contributed by atoms with Crippen molar-refractivity contribution in [2.75, 3.05) is 12.0 Å². The van der Waals surface area contributed by atoms with Crippen LogP contribution in [0.1, 0.15) is 13.3 Å². The molecular formula is C9H11N7O2. The summed E-state index contributed by atoms with van der Waals surface area (Å²) in [6, 6.07) is 3.36. The van der Waals surface area contributed by atoms with Crippen molar-refractivity contribution in [3.63, 3.8) is 0 Å². The maximum atomic E-state index is 11.0. The van der Waals surface area contributed by atoms with Gasteiger partial charge in [0.1, 0.15) is 0 Å². The number of ether oxygens (including phenoxy) is 1. The molecule has 18 heavy (non-hydrogen) atoms. The highest BCUT2D eigenvalue weighted by Crippen LogP contribution is 2.02. The van der Waals surface area contributed by atoms with Crippen LogP contribution in [0, 0.1) is 0 Å². The quantitative estimate of drug-likeness (QED) is 0.446. The number of carbonyl (C=O) groups is 1. The molecule has 2 heterocycles. The number of fused-ring (bicyclic) bond motifs is 1. The summed E-state index contributed by atoms with van der Waals surface area (Å²) in [4.78, 5) is 11.0. The van der Waals surface area contributed by atoms with E-state index in [4.69, 9.17) is 4.74 Å². The molecule has 0 spiro atoms. The molecule has 0 unspecified atom stereocenters. The molecule has 9 nitrogen and oxygen atoms in total. The SMILES string of the molecule is CCOC(=O)C/C=N/Nc1ccc2nnnn2n1. The van der Waals surface area contributed by atoms with E-state index in [2.05, 4.69) is 31.2 Å². The van der Waals surface area contributed by atoms with E-state index < -0.39 is 0 Å². The minimum atomic E-state index is -0.327. The molecule has 0 fully saturated rings. The van der Waals surface area contributed by atoms with Gasteiger partial charge in [0.05, 0.1) is 13.0 Å². The average Bonchev–Trinajstić information content (AvgIpc) is 2.82. The van der Waals surface area contributed by atoms with Gasteiger partial charge in [-0.1, -0.05) is 0 Å². The second-order valence-electron chi connectivity index (χ2n) is 3.18. The van der Waals surface area contributed by atoms with E-state index >= 15 is 0 Å². The van der Waals surface area contributed by atoms with Crippen molar-refractivity contribution >= 4 is 23.6 Å². The van der Waals surface area contributed by atoms with Gasteiger partial charge in [-0.3, -0.25) is 10.2 Å². The maximum Gasteiger partial charge on any atom is 0.311 e. The molecule has 2 aromatic rings. The summed E-state index contributed by atoms with van der Waals surface area (Å²) >= 11 is 0. The molecule has 0 saturated carbocycles. The van der Waals surface area contributed by atoms with E-state index in [0.29, 0.717) is 18.1 Å². The van der Waals surface area contributed by atoms with Gasteiger partial charge in [-0.2, -0.15) is 5.10 Å². The van der Waals surface area contributed by atoms with Crippen LogP contribution in [0.4, 0.5) is 5.82 Å². The van der Waals surface area contributed by atoms with Gasteiger partial charge in [-0.05, 0) is 29.5 Å². The molecule has 0 aliphatic carbocycles. The van der Waals surface area contributed by atoms with Crippen LogP contribution in [0.15, 0.2) is 17.2 Å². The summed E-state index contributed by atoms with van der Waals surface area (Å²) in [6.45, 7) is 2.11. The standard InChI is InChI=1S/C9H11N7O2/c1-2-18-9(17)5-6-10-11-7-3-4-8-12-14-15-16(8)13-7/h3-4,6H,2,5H2,1H3,(H,11,13)/b10-6+. The third kappa shape index (κ3) is 2.97. The van der Waals surface area contributed by atoms with Gasteiger partial charge in [0.2, 0.25) is 0 Å². The third-order valence-corrected chi connectivity index (χ3v) is 1.90. The fourth-order valence-corrected chi connectivity index (χ4v) is 1.16. The third-order valence-electron chi connectivity index (χ3n) is 1.90. The van der Waals surface area contributed by atoms with Crippen molar-refractivity contribution in [1.82, 2.24) is 25.3 Å². The first-order valence-corrected chi connectivity index (χ1v) is 5.28. The Bertz CT molecular complexity index is 565. The normalized spacial score (nSPS) is 10.9. The van der Waals surface area contributed by atoms with E-state index in [1.807, 2.05) is 0 Å². The van der Waals surface area contributed by atoms with Crippen molar-refractivity contribution in [2.45, 2.75) is 13.3 Å². The predicted molar refractivity (Wildman–Crippen MR) is 61.9 cm³/mol. The van der Waals surface area contributed by atoms with Crippen molar-refractivity contribution in [1.29, 1.82) is 0 Å². The Balaban J connectivity index is 1.89. The van der Waals surface area contributed by atoms with Gasteiger partial charge in [0, 0.05) is 6.21 Å². The Morgan fingerprint density at radius 3 is 3.33 bits per heavy atom. The van der Waals surface area contributed by atoms with E-state index in [1.165, 1.54) is 10.8 Å². The molecule has 1 N–H and O–H groups in total. The van der Waals surface area contributed by atoms with Crippen LogP contribution in [0.5, 0.6) is 0 Å². The van der Waals surface area contributed by atoms with Crippen LogP contribution in [0.2, 0.25) is 0 Å². The monoisotopic (exact) mass is 249 g/mol. The first-order valence-electron chi connectivity index (χ1n) is 5.28. The lowest BCUT2D eigenvalue weighted by molar-refractivity contribution is -0.141. The van der Waals surface area contributed by atoms with Gasteiger partial charge in [-0.25, -0.2) is 0 Å². The van der Waals surface area contributed by atoms with Gasteiger partial charge in [0.25, 0.3) is 0 Å². The number of nitrogens with zero attached hydrogens (tertiary/aromatic N) is 6. The Labute approximate surface area is 102 Å². The predicted octanol–water partition coefficient (Wildman–Crippen LogP) is -0.130. The van der Waals surface area contributed by atoms with Crippen LogP contribution in [0.3, 0.4) is 0 Å². The largest absolute Gasteiger partial charge is 0.466 e. The summed E-state index contributed by atoms with van der Waals surface area (Å²) in [5.74, 6) is 0.141. The topological polar surface area (TPSA) is 107 Å². The molecule has 0 atom stereocenters. The molecule has 0 bridgehead atoms. The van der Waals surface area contributed by atoms with Crippen molar-refractivity contribution < 1.29 is 9.53 Å². The molecule has 94 valence electrons. The number of hydrogen-bond acceptors (Lipinski definition) is 8. The lowest BCUT2D eigenvalue weighted by Gasteiger charge is -1.98. The van der Waals surface area contributed by atoms with Gasteiger partial charge in [0.15, 0.2) is 11.5 Å². The number of carbonyl (C=O) groups excluding carboxylic acids is 1. The molecular weight excluding hydrogens is 238 g/mol. The second-order valence-corrected chi connectivity index (χ2v) is 3.18. The van der Waals surface area contributed by atoms with E-state index in [-0.39, 0.29) is 12.4 Å². The maximum absolute atomic E-state index is 11.0. The van der Waals surface area contributed by atoms with Crippen molar-refractivity contribution in [3.8, 4) is 0 Å². The zero-order valence-corrected chi connectivity index (χ0v) is 9.65. The summed E-state index contributed by atoms with van der Waals surface area (Å²) in [5, 5.41) is 18.7. The fourth-order valence-electron chi connectivity index (χ4n) is 1.16. The zero-order chi connectivity index (χ0) is 12.8. The number of nitrogens with one attached hydrogen (secondary N) is 1. The number of aromatic nitrogens is 5. The number of hydrazone groups is 1. The van der Waals surface area contributed by atoms with Gasteiger partial charge < -0.3 is 4.74 Å². The molecule has 0 aliphatic heterocycles. The van der Waals surface area contributed by atoms with Crippen LogP contribution in [0.25, 0.3) is 5.65 Å². The number of hydrogen-bond donors (Lipinski definition) is 1. The number of esters is 1. The van der Waals surface area contributed by atoms with Gasteiger partial charge >= 0.3 is 5.97 Å².